The molecule has 3 N–H and O–H groups in total. The summed E-state index contributed by atoms with van der Waals surface area (Å²) in [7, 11) is 0. The lowest BCUT2D eigenvalue weighted by Gasteiger charge is -2.30. The number of hydrogen-bond acceptors (Lipinski definition) is 3. The summed E-state index contributed by atoms with van der Waals surface area (Å²) >= 11 is 0. The standard InChI is InChI=1S/C14H19NO4/c1-14(2,3)11(8-12(17)18)15-13(19)9-5-4-6-10(16)7-9/h4-7,11,16H,8H2,1-3H3,(H,15,19)(H,17,18). The number of carbonyl (C=O) groups excluding carboxylic acids is 1. The first-order chi connectivity index (χ1) is 8.70. The van der Waals surface area contributed by atoms with Gasteiger partial charge in [-0.05, 0) is 23.6 Å². The van der Waals surface area contributed by atoms with E-state index in [0.717, 1.165) is 0 Å². The number of phenolic OH excluding ortho intramolecular Hbond substituents is 1. The number of hydrogen-bond donors (Lipinski definition) is 3. The van der Waals surface area contributed by atoms with E-state index >= 15 is 0 Å². The SMILES string of the molecule is CC(C)(C)C(CC(=O)O)NC(=O)c1cccc(O)c1. The number of carboxylic acids is 1. The van der Waals surface area contributed by atoms with Crippen LogP contribution in [0.15, 0.2) is 24.3 Å². The summed E-state index contributed by atoms with van der Waals surface area (Å²) in [6.45, 7) is 5.59. The van der Waals surface area contributed by atoms with Crippen molar-refractivity contribution >= 4 is 11.9 Å². The van der Waals surface area contributed by atoms with Gasteiger partial charge < -0.3 is 15.5 Å². The van der Waals surface area contributed by atoms with Crippen molar-refractivity contribution in [2.45, 2.75) is 33.2 Å². The minimum absolute atomic E-state index is 0.00167. The third-order valence-electron chi connectivity index (χ3n) is 2.84. The van der Waals surface area contributed by atoms with Gasteiger partial charge in [0, 0.05) is 11.6 Å². The minimum atomic E-state index is -0.962. The smallest absolute Gasteiger partial charge is 0.305 e. The first kappa shape index (κ1) is 15.0. The zero-order chi connectivity index (χ0) is 14.6. The quantitative estimate of drug-likeness (QED) is 0.777. The fourth-order valence-electron chi connectivity index (χ4n) is 1.64. The normalized spacial score (nSPS) is 12.8. The third-order valence-corrected chi connectivity index (χ3v) is 2.84. The van der Waals surface area contributed by atoms with Gasteiger partial charge in [0.2, 0.25) is 0 Å². The molecule has 0 saturated carbocycles. The predicted octanol–water partition coefficient (Wildman–Crippen LogP) is 2.01. The highest BCUT2D eigenvalue weighted by Gasteiger charge is 2.28. The number of rotatable bonds is 4. The Morgan fingerprint density at radius 3 is 2.42 bits per heavy atom. The van der Waals surface area contributed by atoms with E-state index in [1.165, 1.54) is 12.1 Å². The van der Waals surface area contributed by atoms with Crippen LogP contribution in [-0.2, 0) is 4.79 Å². The summed E-state index contributed by atoms with van der Waals surface area (Å²) in [6, 6.07) is 5.45. The van der Waals surface area contributed by atoms with Crippen molar-refractivity contribution in [3.8, 4) is 5.75 Å². The number of aromatic hydroxyl groups is 1. The van der Waals surface area contributed by atoms with Crippen molar-refractivity contribution < 1.29 is 19.8 Å². The summed E-state index contributed by atoms with van der Waals surface area (Å²) < 4.78 is 0. The summed E-state index contributed by atoms with van der Waals surface area (Å²) in [6.07, 6.45) is -0.145. The lowest BCUT2D eigenvalue weighted by Crippen LogP contribution is -2.45. The van der Waals surface area contributed by atoms with Crippen molar-refractivity contribution in [1.82, 2.24) is 5.32 Å². The molecule has 5 heteroatoms. The van der Waals surface area contributed by atoms with E-state index in [1.807, 2.05) is 20.8 Å². The van der Waals surface area contributed by atoms with Crippen LogP contribution >= 0.6 is 0 Å². The van der Waals surface area contributed by atoms with Crippen LogP contribution in [0.25, 0.3) is 0 Å². The topological polar surface area (TPSA) is 86.6 Å². The van der Waals surface area contributed by atoms with E-state index in [2.05, 4.69) is 5.32 Å². The Labute approximate surface area is 112 Å². The molecule has 1 amide bonds. The average molecular weight is 265 g/mol. The molecular formula is C14H19NO4. The minimum Gasteiger partial charge on any atom is -0.508 e. The molecule has 1 aromatic rings. The molecular weight excluding hydrogens is 246 g/mol. The van der Waals surface area contributed by atoms with E-state index in [4.69, 9.17) is 5.11 Å². The van der Waals surface area contributed by atoms with E-state index in [-0.39, 0.29) is 17.6 Å². The third kappa shape index (κ3) is 4.62. The molecule has 5 nitrogen and oxygen atoms in total. The number of amides is 1. The number of benzene rings is 1. The van der Waals surface area contributed by atoms with Gasteiger partial charge in [-0.3, -0.25) is 9.59 Å². The Balaban J connectivity index is 2.85. The second kappa shape index (κ2) is 5.73. The number of carbonyl (C=O) groups is 2. The zero-order valence-electron chi connectivity index (χ0n) is 11.3. The van der Waals surface area contributed by atoms with Crippen LogP contribution in [0.2, 0.25) is 0 Å². The van der Waals surface area contributed by atoms with Gasteiger partial charge in [-0.1, -0.05) is 26.8 Å². The van der Waals surface area contributed by atoms with Crippen LogP contribution in [0.4, 0.5) is 0 Å². The summed E-state index contributed by atoms with van der Waals surface area (Å²) in [5.41, 5.74) is -0.0649. The number of aliphatic carboxylic acids is 1. The fraction of sp³-hybridized carbons (Fsp3) is 0.429. The molecule has 0 bridgehead atoms. The fourth-order valence-corrected chi connectivity index (χ4v) is 1.64. The van der Waals surface area contributed by atoms with Gasteiger partial charge in [-0.15, -0.1) is 0 Å². The van der Waals surface area contributed by atoms with Gasteiger partial charge in [0.05, 0.1) is 6.42 Å². The molecule has 0 aliphatic carbocycles. The van der Waals surface area contributed by atoms with Crippen molar-refractivity contribution in [3.05, 3.63) is 29.8 Å². The van der Waals surface area contributed by atoms with Crippen LogP contribution in [0.5, 0.6) is 5.75 Å². The summed E-state index contributed by atoms with van der Waals surface area (Å²) in [4.78, 5) is 22.9. The van der Waals surface area contributed by atoms with Gasteiger partial charge in [0.15, 0.2) is 0 Å². The molecule has 1 aromatic carbocycles. The van der Waals surface area contributed by atoms with Gasteiger partial charge in [-0.25, -0.2) is 0 Å². The van der Waals surface area contributed by atoms with Crippen molar-refractivity contribution in [3.63, 3.8) is 0 Å². The highest BCUT2D eigenvalue weighted by atomic mass is 16.4. The molecule has 104 valence electrons. The number of phenols is 1. The number of carboxylic acid groups (broad SMARTS) is 1. The lowest BCUT2D eigenvalue weighted by atomic mass is 9.84. The molecule has 0 aliphatic heterocycles. The maximum Gasteiger partial charge on any atom is 0.305 e. The maximum atomic E-state index is 12.0. The Kier molecular flexibility index (Phi) is 4.53. The highest BCUT2D eigenvalue weighted by molar-refractivity contribution is 5.95. The monoisotopic (exact) mass is 265 g/mol. The van der Waals surface area contributed by atoms with Crippen molar-refractivity contribution in [2.24, 2.45) is 5.41 Å². The highest BCUT2D eigenvalue weighted by Crippen LogP contribution is 2.22. The van der Waals surface area contributed by atoms with E-state index < -0.39 is 17.9 Å². The van der Waals surface area contributed by atoms with Gasteiger partial charge in [0.25, 0.3) is 5.91 Å². The second-order valence-electron chi connectivity index (χ2n) is 5.54. The average Bonchev–Trinajstić information content (AvgIpc) is 2.26. The first-order valence-electron chi connectivity index (χ1n) is 6.02. The molecule has 0 aromatic heterocycles. The summed E-state index contributed by atoms with van der Waals surface area (Å²) in [5, 5.41) is 20.9. The number of nitrogens with one attached hydrogen (secondary N) is 1. The second-order valence-corrected chi connectivity index (χ2v) is 5.54. The molecule has 0 radical (unpaired) electrons. The zero-order valence-corrected chi connectivity index (χ0v) is 11.3. The Hall–Kier alpha value is -2.04. The van der Waals surface area contributed by atoms with Crippen LogP contribution in [0.1, 0.15) is 37.6 Å². The Morgan fingerprint density at radius 1 is 1.32 bits per heavy atom. The molecule has 0 heterocycles. The van der Waals surface area contributed by atoms with Crippen LogP contribution in [0.3, 0.4) is 0 Å². The first-order valence-corrected chi connectivity index (χ1v) is 6.02. The summed E-state index contributed by atoms with van der Waals surface area (Å²) in [5.74, 6) is -1.36. The molecule has 1 unspecified atom stereocenters. The van der Waals surface area contributed by atoms with E-state index in [0.29, 0.717) is 5.56 Å². The Bertz CT molecular complexity index is 477. The molecule has 0 aliphatic rings. The molecule has 0 fully saturated rings. The Morgan fingerprint density at radius 2 is 1.95 bits per heavy atom. The van der Waals surface area contributed by atoms with Crippen LogP contribution in [-0.4, -0.2) is 28.1 Å². The lowest BCUT2D eigenvalue weighted by molar-refractivity contribution is -0.138. The molecule has 0 saturated heterocycles. The maximum absolute atomic E-state index is 12.0. The van der Waals surface area contributed by atoms with Crippen molar-refractivity contribution in [1.29, 1.82) is 0 Å². The largest absolute Gasteiger partial charge is 0.508 e. The van der Waals surface area contributed by atoms with Crippen LogP contribution in [0, 0.1) is 5.41 Å². The molecule has 19 heavy (non-hydrogen) atoms. The van der Waals surface area contributed by atoms with Gasteiger partial charge in [-0.2, -0.15) is 0 Å². The molecule has 1 rings (SSSR count). The van der Waals surface area contributed by atoms with Gasteiger partial charge in [0.1, 0.15) is 5.75 Å². The molecule has 1 atom stereocenters. The van der Waals surface area contributed by atoms with E-state index in [1.54, 1.807) is 12.1 Å². The van der Waals surface area contributed by atoms with Crippen LogP contribution < -0.4 is 5.32 Å². The van der Waals surface area contributed by atoms with Crippen molar-refractivity contribution in [2.75, 3.05) is 0 Å². The molecule has 0 spiro atoms. The predicted molar refractivity (Wildman–Crippen MR) is 71.1 cm³/mol. The van der Waals surface area contributed by atoms with Gasteiger partial charge >= 0.3 is 5.97 Å². The van der Waals surface area contributed by atoms with E-state index in [9.17, 15) is 14.7 Å².